The van der Waals surface area contributed by atoms with E-state index in [2.05, 4.69) is 0 Å². The first kappa shape index (κ1) is 40.6. The number of esters is 2. The molecule has 284 valence electrons. The first-order valence-corrected chi connectivity index (χ1v) is 18.0. The summed E-state index contributed by atoms with van der Waals surface area (Å²) in [5.74, 6) is -2.94. The summed E-state index contributed by atoms with van der Waals surface area (Å²) in [6.45, 7) is 25.7. The van der Waals surface area contributed by atoms with Gasteiger partial charge in [0.25, 0.3) is 0 Å². The van der Waals surface area contributed by atoms with Gasteiger partial charge in [-0.2, -0.15) is 0 Å². The predicted octanol–water partition coefficient (Wildman–Crippen LogP) is 7.51. The Kier molecular flexibility index (Phi) is 11.4. The lowest BCUT2D eigenvalue weighted by molar-refractivity contribution is -0.364. The van der Waals surface area contributed by atoms with E-state index in [1.807, 2.05) is 67.5 Å². The van der Waals surface area contributed by atoms with Crippen LogP contribution in [0, 0.1) is 19.3 Å². The molecule has 0 bridgehead atoms. The standard InChI is InChI=1S/C41H60O10/c1-14-38(11,27-16-25(3)31(42)29(18-27)36(5,6)7)33(44)50-40(13,35-48-22-41(23-49-35)20-46-24-47-21-41)51-34(45)39(12,15-2)28-17-26(4)32(43)30(19-28)37(8,9)10/h16-19,35,42-43H,14-15,20-24H2,1-13H3. The minimum Gasteiger partial charge on any atom is -0.507 e. The van der Waals surface area contributed by atoms with Crippen molar-refractivity contribution in [1.82, 2.24) is 0 Å². The maximum Gasteiger partial charge on any atom is 0.319 e. The van der Waals surface area contributed by atoms with E-state index in [0.717, 1.165) is 0 Å². The number of hydrogen-bond acceptors (Lipinski definition) is 10. The van der Waals surface area contributed by atoms with Crippen LogP contribution in [0.4, 0.5) is 0 Å². The third-order valence-corrected chi connectivity index (χ3v) is 10.9. The third kappa shape index (κ3) is 7.94. The number of rotatable bonds is 9. The molecule has 2 fully saturated rings. The van der Waals surface area contributed by atoms with Crippen molar-refractivity contribution >= 4 is 11.9 Å². The van der Waals surface area contributed by atoms with E-state index in [9.17, 15) is 19.8 Å². The molecule has 2 atom stereocenters. The molecule has 0 aliphatic carbocycles. The Bertz CT molecular complexity index is 1500. The molecule has 2 unspecified atom stereocenters. The van der Waals surface area contributed by atoms with Gasteiger partial charge in [-0.15, -0.1) is 0 Å². The molecule has 2 aromatic carbocycles. The fourth-order valence-electron chi connectivity index (χ4n) is 6.66. The Hall–Kier alpha value is -3.18. The maximum absolute atomic E-state index is 14.6. The van der Waals surface area contributed by atoms with Gasteiger partial charge >= 0.3 is 17.7 Å². The number of aromatic hydroxyl groups is 2. The van der Waals surface area contributed by atoms with E-state index >= 15 is 0 Å². The highest BCUT2D eigenvalue weighted by molar-refractivity contribution is 5.85. The predicted molar refractivity (Wildman–Crippen MR) is 194 cm³/mol. The summed E-state index contributed by atoms with van der Waals surface area (Å²) >= 11 is 0. The number of carbonyl (C=O) groups is 2. The quantitative estimate of drug-likeness (QED) is 0.199. The number of phenolic OH excluding ortho intramolecular Hbond substituents is 2. The summed E-state index contributed by atoms with van der Waals surface area (Å²) in [5.41, 5.74) is 0.266. The number of aryl methyl sites for hydroxylation is 2. The molecule has 10 heteroatoms. The van der Waals surface area contributed by atoms with E-state index < -0.39 is 51.1 Å². The molecule has 51 heavy (non-hydrogen) atoms. The van der Waals surface area contributed by atoms with Gasteiger partial charge in [-0.25, -0.2) is 0 Å². The van der Waals surface area contributed by atoms with Crippen LogP contribution < -0.4 is 0 Å². The SMILES string of the molecule is CCC(C)(C(=O)OC(C)(OC(=O)C(C)(CC)c1cc(C)c(O)c(C(C)(C)C)c1)C1OCC2(COCOC2)CO1)c1cc(C)c(O)c(C(C)(C)C)c1. The highest BCUT2D eigenvalue weighted by Gasteiger charge is 2.54. The summed E-state index contributed by atoms with van der Waals surface area (Å²) in [4.78, 5) is 29.1. The van der Waals surface area contributed by atoms with Crippen LogP contribution in [-0.4, -0.2) is 67.4 Å². The Balaban J connectivity index is 1.77. The molecular formula is C41H60O10. The largest absolute Gasteiger partial charge is 0.507 e. The molecule has 2 heterocycles. The van der Waals surface area contributed by atoms with Crippen molar-refractivity contribution in [2.45, 2.75) is 137 Å². The first-order chi connectivity index (χ1) is 23.5. The average molecular weight is 713 g/mol. The van der Waals surface area contributed by atoms with E-state index in [0.29, 0.717) is 59.4 Å². The second-order valence-electron chi connectivity index (χ2n) is 17.3. The highest BCUT2D eigenvalue weighted by atomic mass is 16.8. The van der Waals surface area contributed by atoms with Crippen LogP contribution in [0.1, 0.15) is 122 Å². The molecule has 0 saturated carbocycles. The molecule has 2 aliphatic rings. The number of benzene rings is 2. The molecule has 0 radical (unpaired) electrons. The van der Waals surface area contributed by atoms with Crippen molar-refractivity contribution in [3.05, 3.63) is 57.6 Å². The first-order valence-electron chi connectivity index (χ1n) is 18.0. The topological polar surface area (TPSA) is 130 Å². The molecule has 2 N–H and O–H groups in total. The lowest BCUT2D eigenvalue weighted by atomic mass is 9.75. The van der Waals surface area contributed by atoms with E-state index in [1.165, 1.54) is 6.92 Å². The van der Waals surface area contributed by atoms with E-state index in [1.54, 1.807) is 39.8 Å². The van der Waals surface area contributed by atoms with Gasteiger partial charge in [-0.3, -0.25) is 9.59 Å². The van der Waals surface area contributed by atoms with Crippen LogP contribution in [0.15, 0.2) is 24.3 Å². The van der Waals surface area contributed by atoms with Crippen molar-refractivity contribution in [2.75, 3.05) is 33.2 Å². The second kappa shape index (κ2) is 14.3. The van der Waals surface area contributed by atoms with Gasteiger partial charge in [0.1, 0.15) is 18.3 Å². The summed E-state index contributed by atoms with van der Waals surface area (Å²) < 4.78 is 36.2. The van der Waals surface area contributed by atoms with Crippen LogP contribution in [-0.2, 0) is 59.7 Å². The molecule has 2 aliphatic heterocycles. The van der Waals surface area contributed by atoms with Crippen molar-refractivity contribution in [3.63, 3.8) is 0 Å². The smallest absolute Gasteiger partial charge is 0.319 e. The van der Waals surface area contributed by atoms with Gasteiger partial charge in [0.05, 0.1) is 42.7 Å². The zero-order valence-electron chi connectivity index (χ0n) is 33.0. The van der Waals surface area contributed by atoms with Crippen LogP contribution >= 0.6 is 0 Å². The lowest BCUT2D eigenvalue weighted by Crippen LogP contribution is -2.59. The van der Waals surface area contributed by atoms with Gasteiger partial charge in [0, 0.05) is 6.92 Å². The maximum atomic E-state index is 14.6. The van der Waals surface area contributed by atoms with Gasteiger partial charge in [-0.05, 0) is 84.7 Å². The fourth-order valence-corrected chi connectivity index (χ4v) is 6.66. The second-order valence-corrected chi connectivity index (χ2v) is 17.3. The van der Waals surface area contributed by atoms with Crippen LogP contribution in [0.25, 0.3) is 0 Å². The van der Waals surface area contributed by atoms with Crippen LogP contribution in [0.2, 0.25) is 0 Å². The Morgan fingerprint density at radius 1 is 0.686 bits per heavy atom. The van der Waals surface area contributed by atoms with Gasteiger partial charge in [0.2, 0.25) is 6.29 Å². The average Bonchev–Trinajstić information content (AvgIpc) is 3.05. The molecule has 0 aromatic heterocycles. The van der Waals surface area contributed by atoms with Gasteiger partial charge in [-0.1, -0.05) is 79.7 Å². The number of ether oxygens (including phenoxy) is 6. The monoisotopic (exact) mass is 712 g/mol. The number of carbonyl (C=O) groups excluding carboxylic acids is 2. The summed E-state index contributed by atoms with van der Waals surface area (Å²) in [6, 6.07) is 7.30. The summed E-state index contributed by atoms with van der Waals surface area (Å²) in [6.07, 6.45) is -0.565. The van der Waals surface area contributed by atoms with Crippen molar-refractivity contribution in [2.24, 2.45) is 5.41 Å². The molecule has 2 aromatic rings. The number of phenols is 2. The molecule has 0 amide bonds. The van der Waals surface area contributed by atoms with E-state index in [-0.39, 0.29) is 31.5 Å². The molecule has 1 spiro atoms. The Morgan fingerprint density at radius 2 is 1.06 bits per heavy atom. The van der Waals surface area contributed by atoms with E-state index in [4.69, 9.17) is 28.4 Å². The van der Waals surface area contributed by atoms with Crippen molar-refractivity contribution in [3.8, 4) is 11.5 Å². The van der Waals surface area contributed by atoms with Crippen molar-refractivity contribution < 1.29 is 48.2 Å². The normalized spacial score (nSPS) is 20.6. The summed E-state index contributed by atoms with van der Waals surface area (Å²) in [5, 5.41) is 21.9. The summed E-state index contributed by atoms with van der Waals surface area (Å²) in [7, 11) is 0. The fraction of sp³-hybridized carbons (Fsp3) is 0.659. The van der Waals surface area contributed by atoms with Crippen molar-refractivity contribution in [1.29, 1.82) is 0 Å². The minimum atomic E-state index is -2.02. The molecule has 10 nitrogen and oxygen atoms in total. The lowest BCUT2D eigenvalue weighted by Gasteiger charge is -2.46. The zero-order valence-corrected chi connectivity index (χ0v) is 33.0. The van der Waals surface area contributed by atoms with Crippen LogP contribution in [0.5, 0.6) is 11.5 Å². The van der Waals surface area contributed by atoms with Gasteiger partial charge < -0.3 is 38.6 Å². The molecule has 2 saturated heterocycles. The van der Waals surface area contributed by atoms with Crippen LogP contribution in [0.3, 0.4) is 0 Å². The molecule has 4 rings (SSSR count). The number of hydrogen-bond donors (Lipinski definition) is 2. The third-order valence-electron chi connectivity index (χ3n) is 10.9. The molecular weight excluding hydrogens is 652 g/mol. The highest BCUT2D eigenvalue weighted by Crippen LogP contribution is 2.43. The van der Waals surface area contributed by atoms with Gasteiger partial charge in [0.15, 0.2) is 0 Å². The minimum absolute atomic E-state index is 0.163. The zero-order chi connectivity index (χ0) is 38.4. The Labute approximate surface area is 304 Å². The Morgan fingerprint density at radius 3 is 1.39 bits per heavy atom.